The Hall–Kier alpha value is -8.78. The number of hydrogen-bond donors (Lipinski definition) is 1. The number of aromatic hydroxyl groups is 1. The van der Waals surface area contributed by atoms with Crippen LogP contribution in [0.2, 0.25) is 0 Å². The number of anilines is 5. The summed E-state index contributed by atoms with van der Waals surface area (Å²) in [6.07, 6.45) is 4.77. The maximum Gasteiger partial charge on any atom is 0.159 e. The van der Waals surface area contributed by atoms with Gasteiger partial charge in [-0.05, 0) is 99.6 Å². The van der Waals surface area contributed by atoms with Crippen molar-refractivity contribution in [3.63, 3.8) is 0 Å². The predicted octanol–water partition coefficient (Wildman–Crippen LogP) is 16.9. The molecule has 68 heavy (non-hydrogen) atoms. The molecule has 1 heterocycles. The first-order chi connectivity index (χ1) is 33.4. The second kappa shape index (κ2) is 16.6. The lowest BCUT2D eigenvalue weighted by atomic mass is 9.82. The topological polar surface area (TPSA) is 39.9 Å². The zero-order valence-corrected chi connectivity index (χ0v) is 37.8. The molecule has 0 bridgehead atoms. The minimum atomic E-state index is -0.194. The first-order valence-electron chi connectivity index (χ1n) is 23.2. The minimum Gasteiger partial charge on any atom is -0.507 e. The summed E-state index contributed by atoms with van der Waals surface area (Å²) in [5.74, 6) is 6.87. The highest BCUT2D eigenvalue weighted by molar-refractivity contribution is 6.14. The smallest absolute Gasteiger partial charge is 0.159 e. The SMILES string of the molecule is CC1(C)c2ccccc2-c2ccc(N(c3ccccc3-c3ccccc3)c3cccc4c3oc3c(N(C5=CCC#CC(c6ccccc6O)=C5)c5ccc(-c6ccccc6)cc5)cccc34)cc21. The summed E-state index contributed by atoms with van der Waals surface area (Å²) in [4.78, 5) is 4.65. The van der Waals surface area contributed by atoms with E-state index in [1.54, 1.807) is 6.07 Å². The lowest BCUT2D eigenvalue weighted by Gasteiger charge is -2.29. The molecule has 12 rings (SSSR count). The van der Waals surface area contributed by atoms with Crippen LogP contribution >= 0.6 is 0 Å². The van der Waals surface area contributed by atoms with Crippen LogP contribution in [0.1, 0.15) is 37.0 Å². The van der Waals surface area contributed by atoms with Gasteiger partial charge in [-0.25, -0.2) is 0 Å². The molecule has 10 aromatic rings. The molecule has 0 fully saturated rings. The maximum absolute atomic E-state index is 11.0. The zero-order valence-electron chi connectivity index (χ0n) is 37.8. The lowest BCUT2D eigenvalue weighted by molar-refractivity contribution is 0.474. The molecule has 0 aliphatic heterocycles. The molecule has 0 atom stereocenters. The van der Waals surface area contributed by atoms with Gasteiger partial charge in [0.25, 0.3) is 0 Å². The lowest BCUT2D eigenvalue weighted by Crippen LogP contribution is -2.17. The zero-order chi connectivity index (χ0) is 45.8. The second-order valence-corrected chi connectivity index (χ2v) is 18.0. The Morgan fingerprint density at radius 2 is 1.03 bits per heavy atom. The highest BCUT2D eigenvalue weighted by atomic mass is 16.3. The van der Waals surface area contributed by atoms with E-state index in [0.717, 1.165) is 83.9 Å². The van der Waals surface area contributed by atoms with E-state index >= 15 is 0 Å². The highest BCUT2D eigenvalue weighted by Crippen LogP contribution is 2.53. The third kappa shape index (κ3) is 6.87. The summed E-state index contributed by atoms with van der Waals surface area (Å²) in [5.41, 5.74) is 18.3. The number of para-hydroxylation sites is 4. The molecule has 1 N–H and O–H groups in total. The van der Waals surface area contributed by atoms with Crippen molar-refractivity contribution in [3.05, 3.63) is 247 Å². The van der Waals surface area contributed by atoms with Gasteiger partial charge in [0, 0.05) is 56.4 Å². The molecule has 2 aliphatic rings. The van der Waals surface area contributed by atoms with E-state index in [-0.39, 0.29) is 11.2 Å². The van der Waals surface area contributed by atoms with Crippen LogP contribution in [0.25, 0.3) is 60.9 Å². The van der Waals surface area contributed by atoms with Crippen molar-refractivity contribution in [3.8, 4) is 51.0 Å². The van der Waals surface area contributed by atoms with Crippen molar-refractivity contribution in [2.75, 3.05) is 9.80 Å². The minimum absolute atomic E-state index is 0.190. The summed E-state index contributed by atoms with van der Waals surface area (Å²) >= 11 is 0. The Morgan fingerprint density at radius 1 is 0.471 bits per heavy atom. The van der Waals surface area contributed by atoms with Crippen molar-refractivity contribution in [1.29, 1.82) is 0 Å². The van der Waals surface area contributed by atoms with Crippen molar-refractivity contribution < 1.29 is 9.52 Å². The number of allylic oxidation sites excluding steroid dienone is 3. The Balaban J connectivity index is 1.08. The van der Waals surface area contributed by atoms with Gasteiger partial charge in [-0.2, -0.15) is 0 Å². The third-order valence-corrected chi connectivity index (χ3v) is 13.6. The number of furan rings is 1. The van der Waals surface area contributed by atoms with E-state index in [4.69, 9.17) is 4.42 Å². The molecular weight excluding hydrogens is 829 g/mol. The van der Waals surface area contributed by atoms with Gasteiger partial charge in [0.2, 0.25) is 0 Å². The van der Waals surface area contributed by atoms with Crippen LogP contribution in [0, 0.1) is 11.8 Å². The van der Waals surface area contributed by atoms with E-state index < -0.39 is 0 Å². The number of hydrogen-bond acceptors (Lipinski definition) is 4. The van der Waals surface area contributed by atoms with Crippen LogP contribution in [0.3, 0.4) is 0 Å². The van der Waals surface area contributed by atoms with Gasteiger partial charge in [-0.1, -0.05) is 189 Å². The van der Waals surface area contributed by atoms with Gasteiger partial charge < -0.3 is 19.3 Å². The fourth-order valence-electron chi connectivity index (χ4n) is 10.3. The fourth-order valence-corrected chi connectivity index (χ4v) is 10.3. The normalized spacial score (nSPS) is 13.4. The van der Waals surface area contributed by atoms with E-state index in [9.17, 15) is 5.11 Å². The molecule has 0 amide bonds. The number of phenols is 1. The molecule has 1 aromatic heterocycles. The number of phenolic OH excluding ortho intramolecular Hbond substituents is 1. The van der Waals surface area contributed by atoms with Crippen LogP contribution in [-0.4, -0.2) is 5.11 Å². The molecule has 0 saturated carbocycles. The number of rotatable bonds is 9. The van der Waals surface area contributed by atoms with Gasteiger partial charge >= 0.3 is 0 Å². The maximum atomic E-state index is 11.0. The van der Waals surface area contributed by atoms with Gasteiger partial charge in [-0.15, -0.1) is 0 Å². The van der Waals surface area contributed by atoms with E-state index in [0.29, 0.717) is 12.0 Å². The van der Waals surface area contributed by atoms with Crippen molar-refractivity contribution >= 4 is 55.9 Å². The first kappa shape index (κ1) is 40.7. The molecule has 0 spiro atoms. The average Bonchev–Trinajstić information content (AvgIpc) is 3.76. The Kier molecular flexibility index (Phi) is 9.93. The first-order valence-corrected chi connectivity index (χ1v) is 23.2. The molecule has 0 radical (unpaired) electrons. The van der Waals surface area contributed by atoms with Crippen LogP contribution in [0.4, 0.5) is 28.4 Å². The average molecular weight is 875 g/mol. The highest BCUT2D eigenvalue weighted by Gasteiger charge is 2.36. The fraction of sp³-hybridized carbons (Fsp3) is 0.0625. The van der Waals surface area contributed by atoms with E-state index in [1.807, 2.05) is 24.3 Å². The summed E-state index contributed by atoms with van der Waals surface area (Å²) < 4.78 is 7.41. The van der Waals surface area contributed by atoms with Crippen molar-refractivity contribution in [2.45, 2.75) is 25.7 Å². The molecule has 0 unspecified atom stereocenters. The van der Waals surface area contributed by atoms with E-state index in [1.165, 1.54) is 22.3 Å². The van der Waals surface area contributed by atoms with Crippen LogP contribution in [0.15, 0.2) is 235 Å². The Bertz CT molecular complexity index is 3700. The molecule has 4 nitrogen and oxygen atoms in total. The number of benzene rings is 9. The van der Waals surface area contributed by atoms with E-state index in [2.05, 4.69) is 230 Å². The standard InChI is InChI=1S/C64H46N2O2/c1-64(2)56-30-14-11-27-52(56)53-40-39-49(42-57(53)64)66(58-31-15-12-25-50(58)45-21-7-4-8-22-45)60-33-18-29-55-54-28-17-32-59(62(54)68-63(55)60)65(47-37-35-44(36-38-47)43-19-5-3-6-20-43)48-24-10-9-23-46(41-48)51-26-13-16-34-61(51)67/h3-8,11-22,24-42,67H,10H2,1-2H3. The third-order valence-electron chi connectivity index (χ3n) is 13.6. The van der Waals surface area contributed by atoms with Gasteiger partial charge in [-0.3, -0.25) is 0 Å². The monoisotopic (exact) mass is 874 g/mol. The number of fused-ring (bicyclic) bond motifs is 6. The van der Waals surface area contributed by atoms with Gasteiger partial charge in [0.1, 0.15) is 5.75 Å². The van der Waals surface area contributed by atoms with Crippen LogP contribution < -0.4 is 9.80 Å². The molecule has 9 aromatic carbocycles. The quantitative estimate of drug-likeness (QED) is 0.147. The molecule has 324 valence electrons. The Labute approximate surface area is 397 Å². The molecule has 4 heteroatoms. The molecule has 0 saturated heterocycles. The summed E-state index contributed by atoms with van der Waals surface area (Å²) in [7, 11) is 0. The number of nitrogens with zero attached hydrogens (tertiary/aromatic N) is 2. The predicted molar refractivity (Wildman–Crippen MR) is 282 cm³/mol. The van der Waals surface area contributed by atoms with Crippen LogP contribution in [0.5, 0.6) is 5.75 Å². The van der Waals surface area contributed by atoms with Crippen molar-refractivity contribution in [1.82, 2.24) is 0 Å². The van der Waals surface area contributed by atoms with Gasteiger partial charge in [0.05, 0.1) is 17.1 Å². The molecule has 2 aliphatic carbocycles. The second-order valence-electron chi connectivity index (χ2n) is 18.0. The Morgan fingerprint density at radius 3 is 1.75 bits per heavy atom. The summed E-state index contributed by atoms with van der Waals surface area (Å²) in [5, 5.41) is 13.1. The van der Waals surface area contributed by atoms with Crippen molar-refractivity contribution in [2.24, 2.45) is 0 Å². The van der Waals surface area contributed by atoms with Crippen LogP contribution in [-0.2, 0) is 5.41 Å². The largest absolute Gasteiger partial charge is 0.507 e. The van der Waals surface area contributed by atoms with Gasteiger partial charge in [0.15, 0.2) is 11.2 Å². The molecular formula is C64H46N2O2. The summed E-state index contributed by atoms with van der Waals surface area (Å²) in [6, 6.07) is 74.5. The summed E-state index contributed by atoms with van der Waals surface area (Å²) in [6.45, 7) is 4.67.